The zero-order valence-corrected chi connectivity index (χ0v) is 17.9. The van der Waals surface area contributed by atoms with E-state index in [0.29, 0.717) is 17.5 Å². The molecule has 1 saturated heterocycles. The molecule has 2 aromatic carbocycles. The molecule has 0 aromatic heterocycles. The Morgan fingerprint density at radius 1 is 1.19 bits per heavy atom. The molecule has 0 radical (unpaired) electrons. The molecule has 0 spiro atoms. The molecule has 0 saturated carbocycles. The van der Waals surface area contributed by atoms with Crippen LogP contribution in [-0.4, -0.2) is 47.2 Å². The lowest BCUT2D eigenvalue weighted by atomic mass is 10.1. The summed E-state index contributed by atoms with van der Waals surface area (Å²) in [6.07, 6.45) is 1.33. The highest BCUT2D eigenvalue weighted by Gasteiger charge is 2.35. The number of carbonyl (C=O) groups excluding carboxylic acids is 3. The minimum absolute atomic E-state index is 0.0412. The van der Waals surface area contributed by atoms with E-state index in [4.69, 9.17) is 14.2 Å². The molecule has 2 amide bonds. The van der Waals surface area contributed by atoms with Crippen molar-refractivity contribution in [1.82, 2.24) is 4.90 Å². The van der Waals surface area contributed by atoms with Gasteiger partial charge in [0.2, 0.25) is 11.5 Å². The third-order valence-electron chi connectivity index (χ3n) is 4.25. The number of ether oxygens (including phenoxy) is 3. The SMILES string of the molecule is COc1c(/C=C2\SC(=O)N(CCOc3ccccc3)C2=O)ccc(OC(C)=O)c1[N+](=O)[O-]. The number of imide groups is 1. The predicted molar refractivity (Wildman–Crippen MR) is 116 cm³/mol. The van der Waals surface area contributed by atoms with Crippen molar-refractivity contribution in [2.24, 2.45) is 0 Å². The van der Waals surface area contributed by atoms with Gasteiger partial charge in [-0.05, 0) is 42.1 Å². The molecule has 11 heteroatoms. The first-order chi connectivity index (χ1) is 15.3. The van der Waals surface area contributed by atoms with Gasteiger partial charge in [-0.15, -0.1) is 0 Å². The van der Waals surface area contributed by atoms with Crippen molar-refractivity contribution < 1.29 is 33.5 Å². The summed E-state index contributed by atoms with van der Waals surface area (Å²) in [5.74, 6) is -1.16. The number of nitro benzene ring substituents is 1. The highest BCUT2D eigenvalue weighted by atomic mass is 32.2. The third-order valence-corrected chi connectivity index (χ3v) is 5.16. The van der Waals surface area contributed by atoms with Crippen LogP contribution >= 0.6 is 11.8 Å². The fourth-order valence-electron chi connectivity index (χ4n) is 2.91. The van der Waals surface area contributed by atoms with Crippen LogP contribution in [0, 0.1) is 10.1 Å². The van der Waals surface area contributed by atoms with E-state index in [1.165, 1.54) is 25.3 Å². The van der Waals surface area contributed by atoms with Crippen molar-refractivity contribution in [2.45, 2.75) is 6.92 Å². The van der Waals surface area contributed by atoms with Crippen molar-refractivity contribution in [3.63, 3.8) is 0 Å². The Labute approximate surface area is 186 Å². The number of nitrogens with zero attached hydrogens (tertiary/aromatic N) is 2. The van der Waals surface area contributed by atoms with Crippen LogP contribution < -0.4 is 14.2 Å². The van der Waals surface area contributed by atoms with Crippen LogP contribution in [0.5, 0.6) is 17.2 Å². The van der Waals surface area contributed by atoms with Crippen molar-refractivity contribution in [2.75, 3.05) is 20.3 Å². The van der Waals surface area contributed by atoms with Crippen molar-refractivity contribution in [1.29, 1.82) is 0 Å². The Balaban J connectivity index is 1.82. The molecule has 0 atom stereocenters. The monoisotopic (exact) mass is 458 g/mol. The van der Waals surface area contributed by atoms with Crippen LogP contribution in [0.15, 0.2) is 47.4 Å². The normalized spacial score (nSPS) is 14.6. The maximum Gasteiger partial charge on any atom is 0.353 e. The van der Waals surface area contributed by atoms with Gasteiger partial charge in [-0.3, -0.25) is 29.4 Å². The summed E-state index contributed by atoms with van der Waals surface area (Å²) in [5, 5.41) is 11.1. The molecule has 166 valence electrons. The summed E-state index contributed by atoms with van der Waals surface area (Å²) < 4.78 is 15.6. The van der Waals surface area contributed by atoms with Crippen LogP contribution in [0.3, 0.4) is 0 Å². The smallest absolute Gasteiger partial charge is 0.353 e. The average molecular weight is 458 g/mol. The fourth-order valence-corrected chi connectivity index (χ4v) is 3.77. The first-order valence-corrected chi connectivity index (χ1v) is 10.1. The molecule has 0 aliphatic carbocycles. The van der Waals surface area contributed by atoms with Gasteiger partial charge in [-0.25, -0.2) is 0 Å². The van der Waals surface area contributed by atoms with Crippen molar-refractivity contribution in [3.8, 4) is 17.2 Å². The maximum absolute atomic E-state index is 12.7. The molecule has 1 aliphatic heterocycles. The Hall–Kier alpha value is -3.86. The summed E-state index contributed by atoms with van der Waals surface area (Å²) in [5.41, 5.74) is -0.381. The molecule has 10 nitrogen and oxygen atoms in total. The lowest BCUT2D eigenvalue weighted by molar-refractivity contribution is -0.386. The highest BCUT2D eigenvalue weighted by molar-refractivity contribution is 8.18. The van der Waals surface area contributed by atoms with E-state index in [2.05, 4.69) is 0 Å². The lowest BCUT2D eigenvalue weighted by Gasteiger charge is -2.13. The minimum Gasteiger partial charge on any atom is -0.492 e. The fraction of sp³-hybridized carbons (Fsp3) is 0.190. The van der Waals surface area contributed by atoms with E-state index < -0.39 is 27.7 Å². The number of hydrogen-bond acceptors (Lipinski definition) is 9. The standard InChI is InChI=1S/C21H18N2O8S/c1-13(24)31-16-9-8-14(19(29-2)18(16)23(27)28)12-17-20(25)22(21(26)32-17)10-11-30-15-6-4-3-5-7-15/h3-9,12H,10-11H2,1-2H3/b17-12-. The third kappa shape index (κ3) is 5.06. The largest absolute Gasteiger partial charge is 0.492 e. The number of nitro groups is 1. The van der Waals surface area contributed by atoms with E-state index in [-0.39, 0.29) is 35.1 Å². The Bertz CT molecular complexity index is 1100. The van der Waals surface area contributed by atoms with Gasteiger partial charge in [-0.2, -0.15) is 0 Å². The van der Waals surface area contributed by atoms with E-state index in [9.17, 15) is 24.5 Å². The second-order valence-corrected chi connectivity index (χ2v) is 7.37. The van der Waals surface area contributed by atoms with Crippen LogP contribution in [0.25, 0.3) is 6.08 Å². The lowest BCUT2D eigenvalue weighted by Crippen LogP contribution is -2.32. The number of benzene rings is 2. The number of hydrogen-bond donors (Lipinski definition) is 0. The van der Waals surface area contributed by atoms with Crippen molar-refractivity contribution >= 4 is 40.6 Å². The van der Waals surface area contributed by atoms with Crippen LogP contribution in [-0.2, 0) is 9.59 Å². The maximum atomic E-state index is 12.7. The van der Waals surface area contributed by atoms with Crippen LogP contribution in [0.1, 0.15) is 12.5 Å². The summed E-state index contributed by atoms with van der Waals surface area (Å²) >= 11 is 0.703. The Kier molecular flexibility index (Phi) is 7.11. The van der Waals surface area contributed by atoms with E-state index in [1.54, 1.807) is 24.3 Å². The molecule has 0 N–H and O–H groups in total. The predicted octanol–water partition coefficient (Wildman–Crippen LogP) is 3.64. The molecule has 3 rings (SSSR count). The summed E-state index contributed by atoms with van der Waals surface area (Å²) in [6, 6.07) is 11.6. The summed E-state index contributed by atoms with van der Waals surface area (Å²) in [7, 11) is 1.21. The first kappa shape index (κ1) is 22.8. The summed E-state index contributed by atoms with van der Waals surface area (Å²) in [6.45, 7) is 1.27. The second kappa shape index (κ2) is 9.96. The molecule has 2 aromatic rings. The van der Waals surface area contributed by atoms with Gasteiger partial charge in [0.1, 0.15) is 12.4 Å². The quantitative estimate of drug-likeness (QED) is 0.192. The van der Waals surface area contributed by atoms with Gasteiger partial charge in [0, 0.05) is 12.5 Å². The minimum atomic E-state index is -0.749. The van der Waals surface area contributed by atoms with Gasteiger partial charge >= 0.3 is 11.7 Å². The average Bonchev–Trinajstić information content (AvgIpc) is 3.02. The number of amides is 2. The topological polar surface area (TPSA) is 125 Å². The number of carbonyl (C=O) groups is 3. The molecule has 1 fully saturated rings. The number of thioether (sulfide) groups is 1. The van der Waals surface area contributed by atoms with Gasteiger partial charge in [0.15, 0.2) is 0 Å². The van der Waals surface area contributed by atoms with E-state index in [1.807, 2.05) is 6.07 Å². The highest BCUT2D eigenvalue weighted by Crippen LogP contribution is 2.42. The van der Waals surface area contributed by atoms with Gasteiger partial charge in [0.05, 0.1) is 23.5 Å². The van der Waals surface area contributed by atoms with E-state index >= 15 is 0 Å². The van der Waals surface area contributed by atoms with Crippen LogP contribution in [0.2, 0.25) is 0 Å². The van der Waals surface area contributed by atoms with Gasteiger partial charge in [0.25, 0.3) is 11.1 Å². The number of methoxy groups -OCH3 is 1. The second-order valence-electron chi connectivity index (χ2n) is 6.38. The van der Waals surface area contributed by atoms with Gasteiger partial charge in [-0.1, -0.05) is 18.2 Å². The van der Waals surface area contributed by atoms with Crippen LogP contribution in [0.4, 0.5) is 10.5 Å². The number of para-hydroxylation sites is 1. The molecule has 0 unspecified atom stereocenters. The summed E-state index contributed by atoms with van der Waals surface area (Å²) in [4.78, 5) is 48.2. The zero-order chi connectivity index (χ0) is 23.3. The molecular weight excluding hydrogens is 440 g/mol. The molecule has 1 aliphatic rings. The molecular formula is C21H18N2O8S. The van der Waals surface area contributed by atoms with Crippen molar-refractivity contribution in [3.05, 3.63) is 63.0 Å². The van der Waals surface area contributed by atoms with Gasteiger partial charge < -0.3 is 14.2 Å². The Morgan fingerprint density at radius 3 is 2.53 bits per heavy atom. The zero-order valence-electron chi connectivity index (χ0n) is 17.1. The molecule has 0 bridgehead atoms. The Morgan fingerprint density at radius 2 is 1.91 bits per heavy atom. The molecule has 1 heterocycles. The first-order valence-electron chi connectivity index (χ1n) is 9.28. The van der Waals surface area contributed by atoms with E-state index in [0.717, 1.165) is 11.8 Å². The number of rotatable bonds is 8. The molecule has 32 heavy (non-hydrogen) atoms. The number of esters is 1.